The van der Waals surface area contributed by atoms with E-state index in [1.807, 2.05) is 12.1 Å². The molecule has 3 heteroatoms. The van der Waals surface area contributed by atoms with Crippen molar-refractivity contribution in [2.45, 2.75) is 32.3 Å². The second-order valence-corrected chi connectivity index (χ2v) is 3.74. The molecule has 0 bridgehead atoms. The lowest BCUT2D eigenvalue weighted by Crippen LogP contribution is -2.00. The van der Waals surface area contributed by atoms with E-state index in [2.05, 4.69) is 0 Å². The van der Waals surface area contributed by atoms with Gasteiger partial charge in [-0.1, -0.05) is 12.1 Å². The number of carboxylic acid groups (broad SMARTS) is 1. The van der Waals surface area contributed by atoms with Crippen molar-refractivity contribution in [2.75, 3.05) is 0 Å². The second-order valence-electron chi connectivity index (χ2n) is 3.74. The molecule has 0 radical (unpaired) electrons. The summed E-state index contributed by atoms with van der Waals surface area (Å²) in [5.41, 5.74) is 1.43. The normalized spacial score (nSPS) is 12.4. The van der Waals surface area contributed by atoms with Crippen molar-refractivity contribution in [3.63, 3.8) is 0 Å². The minimum atomic E-state index is -0.898. The van der Waals surface area contributed by atoms with E-state index >= 15 is 0 Å². The van der Waals surface area contributed by atoms with E-state index < -0.39 is 5.97 Å². The lowest BCUT2D eigenvalue weighted by atomic mass is 10.0. The van der Waals surface area contributed by atoms with Gasteiger partial charge in [-0.2, -0.15) is 0 Å². The molecule has 1 aromatic rings. The van der Waals surface area contributed by atoms with Crippen molar-refractivity contribution in [2.24, 2.45) is 0 Å². The molecule has 1 aromatic carbocycles. The highest BCUT2D eigenvalue weighted by Crippen LogP contribution is 2.09. The number of hydrogen-bond acceptors (Lipinski definition) is 2. The van der Waals surface area contributed by atoms with Gasteiger partial charge in [0.05, 0.1) is 11.7 Å². The molecule has 0 aliphatic heterocycles. The van der Waals surface area contributed by atoms with Gasteiger partial charge < -0.3 is 10.2 Å². The minimum absolute atomic E-state index is 0.261. The SMILES string of the molecule is CC(O)CCCc1ccc(C(=O)O)cc1. The highest BCUT2D eigenvalue weighted by atomic mass is 16.4. The van der Waals surface area contributed by atoms with Gasteiger partial charge in [-0.05, 0) is 43.9 Å². The first kappa shape index (κ1) is 11.7. The molecule has 0 aliphatic carbocycles. The summed E-state index contributed by atoms with van der Waals surface area (Å²) >= 11 is 0. The first-order chi connectivity index (χ1) is 7.09. The summed E-state index contributed by atoms with van der Waals surface area (Å²) in [6.45, 7) is 1.77. The lowest BCUT2D eigenvalue weighted by Gasteiger charge is -2.04. The van der Waals surface area contributed by atoms with E-state index in [4.69, 9.17) is 10.2 Å². The van der Waals surface area contributed by atoms with E-state index in [0.717, 1.165) is 24.8 Å². The molecule has 1 rings (SSSR count). The van der Waals surface area contributed by atoms with Crippen LogP contribution in [-0.2, 0) is 6.42 Å². The third-order valence-corrected chi connectivity index (χ3v) is 2.29. The van der Waals surface area contributed by atoms with Gasteiger partial charge in [0.15, 0.2) is 0 Å². The molecule has 82 valence electrons. The number of aliphatic hydroxyl groups excluding tert-OH is 1. The van der Waals surface area contributed by atoms with Crippen LogP contribution in [0.4, 0.5) is 0 Å². The van der Waals surface area contributed by atoms with E-state index in [-0.39, 0.29) is 6.10 Å². The number of benzene rings is 1. The summed E-state index contributed by atoms with van der Waals surface area (Å²) in [5, 5.41) is 17.8. The molecule has 0 aliphatic rings. The monoisotopic (exact) mass is 208 g/mol. The van der Waals surface area contributed by atoms with Crippen LogP contribution in [0.1, 0.15) is 35.7 Å². The van der Waals surface area contributed by atoms with Crippen molar-refractivity contribution in [3.8, 4) is 0 Å². The van der Waals surface area contributed by atoms with Crippen LogP contribution >= 0.6 is 0 Å². The third-order valence-electron chi connectivity index (χ3n) is 2.29. The number of rotatable bonds is 5. The zero-order chi connectivity index (χ0) is 11.3. The van der Waals surface area contributed by atoms with Crippen molar-refractivity contribution >= 4 is 5.97 Å². The fourth-order valence-corrected chi connectivity index (χ4v) is 1.42. The maximum atomic E-state index is 10.6. The Labute approximate surface area is 89.4 Å². The molecule has 0 aromatic heterocycles. The minimum Gasteiger partial charge on any atom is -0.478 e. The van der Waals surface area contributed by atoms with Crippen molar-refractivity contribution < 1.29 is 15.0 Å². The van der Waals surface area contributed by atoms with Crippen LogP contribution < -0.4 is 0 Å². The summed E-state index contributed by atoms with van der Waals surface area (Å²) < 4.78 is 0. The molecule has 2 N–H and O–H groups in total. The van der Waals surface area contributed by atoms with Crippen molar-refractivity contribution in [1.29, 1.82) is 0 Å². The van der Waals surface area contributed by atoms with E-state index in [0.29, 0.717) is 5.56 Å². The summed E-state index contributed by atoms with van der Waals surface area (Å²) in [4.78, 5) is 10.6. The van der Waals surface area contributed by atoms with E-state index in [9.17, 15) is 4.79 Å². The van der Waals surface area contributed by atoms with Gasteiger partial charge in [0.2, 0.25) is 0 Å². The number of carboxylic acids is 1. The van der Waals surface area contributed by atoms with Gasteiger partial charge in [-0.15, -0.1) is 0 Å². The Morgan fingerprint density at radius 1 is 1.33 bits per heavy atom. The maximum Gasteiger partial charge on any atom is 0.335 e. The fourth-order valence-electron chi connectivity index (χ4n) is 1.42. The van der Waals surface area contributed by atoms with Crippen LogP contribution in [-0.4, -0.2) is 22.3 Å². The van der Waals surface area contributed by atoms with Crippen LogP contribution in [0.3, 0.4) is 0 Å². The average molecular weight is 208 g/mol. The van der Waals surface area contributed by atoms with E-state index in [1.165, 1.54) is 0 Å². The Kier molecular flexibility index (Phi) is 4.31. The molecule has 1 unspecified atom stereocenters. The lowest BCUT2D eigenvalue weighted by molar-refractivity contribution is 0.0697. The maximum absolute atomic E-state index is 10.6. The first-order valence-corrected chi connectivity index (χ1v) is 5.10. The molecule has 0 heterocycles. The highest BCUT2D eigenvalue weighted by molar-refractivity contribution is 5.87. The van der Waals surface area contributed by atoms with Gasteiger partial charge in [0.25, 0.3) is 0 Å². The Bertz CT molecular complexity index is 314. The number of aryl methyl sites for hydroxylation is 1. The largest absolute Gasteiger partial charge is 0.478 e. The van der Waals surface area contributed by atoms with Crippen LogP contribution in [0.5, 0.6) is 0 Å². The Balaban J connectivity index is 2.46. The number of aliphatic hydroxyl groups is 1. The highest BCUT2D eigenvalue weighted by Gasteiger charge is 2.02. The Hall–Kier alpha value is -1.35. The number of carbonyl (C=O) groups is 1. The first-order valence-electron chi connectivity index (χ1n) is 5.10. The molecular formula is C12H16O3. The molecule has 0 fully saturated rings. The fraction of sp³-hybridized carbons (Fsp3) is 0.417. The summed E-state index contributed by atoms with van der Waals surface area (Å²) in [6.07, 6.45) is 2.32. The molecule has 0 amide bonds. The van der Waals surface area contributed by atoms with Gasteiger partial charge in [0, 0.05) is 0 Å². The average Bonchev–Trinajstić information content (AvgIpc) is 2.18. The van der Waals surface area contributed by atoms with Gasteiger partial charge >= 0.3 is 5.97 Å². The van der Waals surface area contributed by atoms with Gasteiger partial charge in [0.1, 0.15) is 0 Å². The predicted molar refractivity (Wildman–Crippen MR) is 58.0 cm³/mol. The van der Waals surface area contributed by atoms with Gasteiger partial charge in [-0.25, -0.2) is 4.79 Å². The zero-order valence-corrected chi connectivity index (χ0v) is 8.81. The van der Waals surface area contributed by atoms with Crippen LogP contribution in [0, 0.1) is 0 Å². The summed E-state index contributed by atoms with van der Waals surface area (Å²) in [7, 11) is 0. The molecular weight excluding hydrogens is 192 g/mol. The van der Waals surface area contributed by atoms with Crippen LogP contribution in [0.25, 0.3) is 0 Å². The standard InChI is InChI=1S/C12H16O3/c1-9(13)3-2-4-10-5-7-11(8-6-10)12(14)15/h5-9,13H,2-4H2,1H3,(H,14,15). The molecule has 1 atom stereocenters. The quantitative estimate of drug-likeness (QED) is 0.779. The Morgan fingerprint density at radius 3 is 2.40 bits per heavy atom. The smallest absolute Gasteiger partial charge is 0.335 e. The van der Waals surface area contributed by atoms with Gasteiger partial charge in [-0.3, -0.25) is 0 Å². The van der Waals surface area contributed by atoms with Crippen LogP contribution in [0.2, 0.25) is 0 Å². The molecule has 0 spiro atoms. The van der Waals surface area contributed by atoms with Crippen molar-refractivity contribution in [1.82, 2.24) is 0 Å². The second kappa shape index (κ2) is 5.51. The molecule has 3 nitrogen and oxygen atoms in total. The van der Waals surface area contributed by atoms with Crippen molar-refractivity contribution in [3.05, 3.63) is 35.4 Å². The molecule has 15 heavy (non-hydrogen) atoms. The third kappa shape index (κ3) is 4.13. The predicted octanol–water partition coefficient (Wildman–Crippen LogP) is 2.09. The summed E-state index contributed by atoms with van der Waals surface area (Å²) in [5.74, 6) is -0.898. The molecule has 0 saturated heterocycles. The molecule has 0 saturated carbocycles. The number of hydrogen-bond donors (Lipinski definition) is 2. The van der Waals surface area contributed by atoms with E-state index in [1.54, 1.807) is 19.1 Å². The summed E-state index contributed by atoms with van der Waals surface area (Å²) in [6, 6.07) is 6.87. The Morgan fingerprint density at radius 2 is 1.93 bits per heavy atom. The zero-order valence-electron chi connectivity index (χ0n) is 8.81. The van der Waals surface area contributed by atoms with Crippen LogP contribution in [0.15, 0.2) is 24.3 Å². The topological polar surface area (TPSA) is 57.5 Å². The number of aromatic carboxylic acids is 1.